The molecular weight excluding hydrogens is 280 g/mol. The maximum Gasteiger partial charge on any atom is 0.460 e. The van der Waals surface area contributed by atoms with Gasteiger partial charge in [-0.25, -0.2) is 4.73 Å². The van der Waals surface area contributed by atoms with Gasteiger partial charge in [-0.1, -0.05) is 37.8 Å². The molecule has 0 unspecified atom stereocenters. The van der Waals surface area contributed by atoms with Crippen LogP contribution >= 0.6 is 11.6 Å². The molecule has 0 amide bonds. The highest BCUT2D eigenvalue weighted by Crippen LogP contribution is 2.14. The molecule has 0 bridgehead atoms. The molecule has 7 heteroatoms. The number of fused-ring (bicyclic) bond motifs is 1. The number of anilines is 1. The summed E-state index contributed by atoms with van der Waals surface area (Å²) >= 11 is 5.81. The van der Waals surface area contributed by atoms with Crippen molar-refractivity contribution in [2.45, 2.75) is 32.6 Å². The molecule has 0 aliphatic rings. The maximum atomic E-state index is 12.1. The first kappa shape index (κ1) is 14.6. The van der Waals surface area contributed by atoms with Crippen LogP contribution in [-0.2, 0) is 0 Å². The first-order valence-corrected chi connectivity index (χ1v) is 7.08. The fraction of sp³-hybridized carbons (Fsp3) is 0.462. The van der Waals surface area contributed by atoms with Crippen LogP contribution in [0.4, 0.5) is 5.95 Å². The number of nitrogens with one attached hydrogen (secondary N) is 1. The van der Waals surface area contributed by atoms with Gasteiger partial charge in [0.2, 0.25) is 5.10 Å². The Hall–Kier alpha value is -1.82. The Morgan fingerprint density at radius 3 is 2.75 bits per heavy atom. The van der Waals surface area contributed by atoms with Crippen LogP contribution in [0, 0.1) is 10.4 Å². The second-order valence-corrected chi connectivity index (χ2v) is 5.05. The van der Waals surface area contributed by atoms with Crippen molar-refractivity contribution in [3.8, 4) is 0 Å². The summed E-state index contributed by atoms with van der Waals surface area (Å²) < 4.78 is 0.625. The molecule has 1 aromatic heterocycles. The summed E-state index contributed by atoms with van der Waals surface area (Å²) in [6.45, 7) is 2.75. The van der Waals surface area contributed by atoms with Crippen molar-refractivity contribution in [2.24, 2.45) is 0 Å². The van der Waals surface area contributed by atoms with Gasteiger partial charge in [-0.2, -0.15) is 0 Å². The van der Waals surface area contributed by atoms with Crippen LogP contribution in [0.3, 0.4) is 0 Å². The number of hydrogen-bond acceptors (Lipinski definition) is 4. The lowest BCUT2D eigenvalue weighted by Crippen LogP contribution is -2.44. The minimum atomic E-state index is 0.0197. The summed E-state index contributed by atoms with van der Waals surface area (Å²) in [4.78, 5) is 0.421. The molecule has 1 N–H and O–H groups in total. The lowest BCUT2D eigenvalue weighted by Gasteiger charge is -2.10. The summed E-state index contributed by atoms with van der Waals surface area (Å²) in [7, 11) is 0. The minimum Gasteiger partial charge on any atom is -0.739 e. The molecule has 0 radical (unpaired) electrons. The number of benzene rings is 1. The van der Waals surface area contributed by atoms with Crippen molar-refractivity contribution in [1.29, 1.82) is 0 Å². The van der Waals surface area contributed by atoms with E-state index < -0.39 is 0 Å². The molecule has 0 aliphatic carbocycles. The number of nitrogens with zero attached hydrogens (tertiary/aromatic N) is 3. The van der Waals surface area contributed by atoms with Gasteiger partial charge < -0.3 is 10.4 Å². The molecule has 0 spiro atoms. The summed E-state index contributed by atoms with van der Waals surface area (Å²) in [5.41, 5.74) is 0.402. The van der Waals surface area contributed by atoms with Crippen molar-refractivity contribution < 1.29 is 9.58 Å². The average molecular weight is 297 g/mol. The third kappa shape index (κ3) is 3.19. The predicted octanol–water partition coefficient (Wildman–Crippen LogP) is 2.15. The van der Waals surface area contributed by atoms with Crippen LogP contribution in [0.1, 0.15) is 32.6 Å². The first-order valence-electron chi connectivity index (χ1n) is 6.70. The van der Waals surface area contributed by atoms with Crippen LogP contribution < -0.4 is 14.9 Å². The molecule has 0 saturated heterocycles. The average Bonchev–Trinajstić information content (AvgIpc) is 2.43. The van der Waals surface area contributed by atoms with E-state index in [-0.39, 0.29) is 17.0 Å². The first-order chi connectivity index (χ1) is 9.63. The molecular formula is C13H17ClN4O2. The Bertz CT molecular complexity index is 606. The fourth-order valence-electron chi connectivity index (χ4n) is 1.98. The van der Waals surface area contributed by atoms with Crippen LogP contribution in [0.25, 0.3) is 11.0 Å². The summed E-state index contributed by atoms with van der Waals surface area (Å²) in [5, 5.41) is 30.9. The van der Waals surface area contributed by atoms with E-state index in [0.29, 0.717) is 21.1 Å². The topological polar surface area (TPSA) is 78.8 Å². The zero-order valence-corrected chi connectivity index (χ0v) is 12.1. The predicted molar refractivity (Wildman–Crippen MR) is 77.3 cm³/mol. The highest BCUT2D eigenvalue weighted by atomic mass is 35.5. The Morgan fingerprint density at radius 1 is 1.20 bits per heavy atom. The van der Waals surface area contributed by atoms with E-state index in [1.54, 1.807) is 6.07 Å². The number of hydrogen-bond donors (Lipinski definition) is 1. The summed E-state index contributed by atoms with van der Waals surface area (Å²) in [6, 6.07) is 4.52. The molecule has 0 atom stereocenters. The normalized spacial score (nSPS) is 10.9. The van der Waals surface area contributed by atoms with E-state index in [4.69, 9.17) is 11.6 Å². The second kappa shape index (κ2) is 6.56. The monoisotopic (exact) mass is 296 g/mol. The third-order valence-electron chi connectivity index (χ3n) is 3.05. The van der Waals surface area contributed by atoms with Gasteiger partial charge in [0, 0.05) is 15.9 Å². The second-order valence-electron chi connectivity index (χ2n) is 4.61. The summed E-state index contributed by atoms with van der Waals surface area (Å²) in [5.74, 6) is 0.0197. The molecule has 0 aliphatic heterocycles. The zero-order chi connectivity index (χ0) is 14.5. The van der Waals surface area contributed by atoms with Gasteiger partial charge in [0.1, 0.15) is 0 Å². The highest BCUT2D eigenvalue weighted by Gasteiger charge is 2.19. The van der Waals surface area contributed by atoms with E-state index in [2.05, 4.69) is 17.3 Å². The third-order valence-corrected chi connectivity index (χ3v) is 3.29. The molecule has 1 aromatic carbocycles. The fourth-order valence-corrected chi connectivity index (χ4v) is 2.14. The Kier molecular flexibility index (Phi) is 4.79. The van der Waals surface area contributed by atoms with Crippen molar-refractivity contribution in [3.63, 3.8) is 0 Å². The smallest absolute Gasteiger partial charge is 0.460 e. The largest absolute Gasteiger partial charge is 0.739 e. The van der Waals surface area contributed by atoms with E-state index in [0.717, 1.165) is 25.7 Å². The van der Waals surface area contributed by atoms with Crippen LogP contribution in [0.2, 0.25) is 5.02 Å². The van der Waals surface area contributed by atoms with Crippen molar-refractivity contribution in [1.82, 2.24) is 5.10 Å². The van der Waals surface area contributed by atoms with Gasteiger partial charge in [-0.05, 0) is 18.6 Å². The molecule has 108 valence electrons. The van der Waals surface area contributed by atoms with Crippen LogP contribution in [0.15, 0.2) is 18.2 Å². The number of aromatic nitrogens is 3. The molecule has 2 rings (SSSR count). The highest BCUT2D eigenvalue weighted by molar-refractivity contribution is 6.31. The molecule has 20 heavy (non-hydrogen) atoms. The number of rotatable bonds is 6. The Labute approximate surface area is 122 Å². The van der Waals surface area contributed by atoms with Gasteiger partial charge in [0.25, 0.3) is 0 Å². The number of unbranched alkanes of at least 4 members (excludes halogenated alkanes) is 3. The minimum absolute atomic E-state index is 0.0197. The maximum absolute atomic E-state index is 12.1. The lowest BCUT2D eigenvalue weighted by molar-refractivity contribution is -0.672. The van der Waals surface area contributed by atoms with Crippen molar-refractivity contribution in [2.75, 3.05) is 11.9 Å². The molecule has 0 fully saturated rings. The van der Waals surface area contributed by atoms with Crippen molar-refractivity contribution in [3.05, 3.63) is 33.6 Å². The van der Waals surface area contributed by atoms with Crippen LogP contribution in [-0.4, -0.2) is 11.6 Å². The van der Waals surface area contributed by atoms with Crippen molar-refractivity contribution >= 4 is 28.6 Å². The van der Waals surface area contributed by atoms with E-state index in [9.17, 15) is 10.4 Å². The van der Waals surface area contributed by atoms with Gasteiger partial charge in [-0.3, -0.25) is 5.32 Å². The Balaban J connectivity index is 2.18. The number of halogens is 1. The quantitative estimate of drug-likeness (QED) is 0.503. The van der Waals surface area contributed by atoms with Gasteiger partial charge >= 0.3 is 11.5 Å². The van der Waals surface area contributed by atoms with Gasteiger partial charge in [0.05, 0.1) is 6.54 Å². The molecule has 1 heterocycles. The lowest BCUT2D eigenvalue weighted by atomic mass is 10.2. The van der Waals surface area contributed by atoms with Gasteiger partial charge in [-0.15, -0.1) is 0 Å². The van der Waals surface area contributed by atoms with E-state index >= 15 is 0 Å². The van der Waals surface area contributed by atoms with Gasteiger partial charge in [0.15, 0.2) is 5.52 Å². The molecule has 6 nitrogen and oxygen atoms in total. The van der Waals surface area contributed by atoms with Crippen LogP contribution in [0.5, 0.6) is 0 Å². The Morgan fingerprint density at radius 2 is 2.00 bits per heavy atom. The molecule has 0 saturated carbocycles. The standard InChI is InChI=1S/C13H17ClN4O2/c1-2-3-4-5-8-15-13-16-18(20)12-9-10(14)6-7-11(12)17(13)19/h6-7,9H,2-5,8H2,1H3,(H,15,16). The SMILES string of the molecule is CCCCCCNc1n[n+]([O-])c2cc(Cl)ccc2[n+]1[O-]. The van der Waals surface area contributed by atoms with E-state index in [1.807, 2.05) is 0 Å². The zero-order valence-electron chi connectivity index (χ0n) is 11.3. The summed E-state index contributed by atoms with van der Waals surface area (Å²) in [6.07, 6.45) is 4.33. The van der Waals surface area contributed by atoms with E-state index in [1.165, 1.54) is 12.1 Å². The molecule has 2 aromatic rings.